The minimum atomic E-state index is -1.24. The van der Waals surface area contributed by atoms with E-state index in [0.717, 1.165) is 24.7 Å². The average molecular weight is 303 g/mol. The molecule has 4 atom stereocenters. The third-order valence-corrected chi connectivity index (χ3v) is 5.51. The Morgan fingerprint density at radius 3 is 2.19 bits per heavy atom. The topological polar surface area (TPSA) is 63.9 Å². The van der Waals surface area contributed by atoms with Crippen molar-refractivity contribution in [2.75, 3.05) is 19.8 Å². The van der Waals surface area contributed by atoms with E-state index in [1.54, 1.807) is 0 Å². The first-order valence-electron chi connectivity index (χ1n) is 8.28. The number of piperidine rings is 1. The quantitative estimate of drug-likeness (QED) is 0.730. The van der Waals surface area contributed by atoms with Crippen LogP contribution in [0.25, 0.3) is 0 Å². The maximum Gasteiger partial charge on any atom is 0.109 e. The molecule has 124 valence electrons. The van der Waals surface area contributed by atoms with Crippen LogP contribution < -0.4 is 0 Å². The molecular weight excluding hydrogens is 273 g/mol. The largest absolute Gasteiger partial charge is 0.389 e. The summed E-state index contributed by atoms with van der Waals surface area (Å²) in [5.74, 6) is 2.01. The average Bonchev–Trinajstić information content (AvgIpc) is 2.46. The van der Waals surface area contributed by atoms with Gasteiger partial charge < -0.3 is 15.3 Å². The molecule has 1 heterocycles. The van der Waals surface area contributed by atoms with Gasteiger partial charge in [-0.3, -0.25) is 4.90 Å². The summed E-state index contributed by atoms with van der Waals surface area (Å²) in [5, 5.41) is 29.4. The van der Waals surface area contributed by atoms with Crippen molar-refractivity contribution in [1.29, 1.82) is 0 Å². The van der Waals surface area contributed by atoms with Gasteiger partial charge in [0.05, 0.1) is 12.1 Å². The Morgan fingerprint density at radius 2 is 1.67 bits per heavy atom. The SMILES string of the molecule is CC(C)C1CCC(CN2C[C@H](O)[C@@H](O)[C@H](O)[C@H]2CF)CC1. The molecule has 2 aliphatic rings. The van der Waals surface area contributed by atoms with E-state index in [-0.39, 0.29) is 6.54 Å². The number of hydrogen-bond donors (Lipinski definition) is 3. The lowest BCUT2D eigenvalue weighted by Gasteiger charge is -2.44. The Hall–Kier alpha value is -0.230. The molecule has 0 radical (unpaired) electrons. The second-order valence-corrected chi connectivity index (χ2v) is 7.25. The monoisotopic (exact) mass is 303 g/mol. The summed E-state index contributed by atoms with van der Waals surface area (Å²) in [5.41, 5.74) is 0. The molecule has 0 aromatic carbocycles. The van der Waals surface area contributed by atoms with E-state index in [2.05, 4.69) is 13.8 Å². The van der Waals surface area contributed by atoms with E-state index >= 15 is 0 Å². The van der Waals surface area contributed by atoms with Crippen molar-refractivity contribution in [2.24, 2.45) is 17.8 Å². The number of β-amino-alcohol motifs (C(OH)–C–C–N with tert-alkyl or cyclic N) is 1. The summed E-state index contributed by atoms with van der Waals surface area (Å²) >= 11 is 0. The van der Waals surface area contributed by atoms with Crippen LogP contribution in [0, 0.1) is 17.8 Å². The first-order valence-corrected chi connectivity index (χ1v) is 8.28. The van der Waals surface area contributed by atoms with Crippen molar-refractivity contribution >= 4 is 0 Å². The minimum Gasteiger partial charge on any atom is -0.389 e. The number of nitrogens with zero attached hydrogens (tertiary/aromatic N) is 1. The fraction of sp³-hybridized carbons (Fsp3) is 1.00. The molecule has 0 aromatic heterocycles. The number of alkyl halides is 1. The van der Waals surface area contributed by atoms with Gasteiger partial charge in [-0.2, -0.15) is 0 Å². The number of halogens is 1. The molecular formula is C16H30FNO3. The fourth-order valence-electron chi connectivity index (χ4n) is 3.92. The highest BCUT2D eigenvalue weighted by molar-refractivity contribution is 4.95. The Kier molecular flexibility index (Phi) is 6.00. The number of aliphatic hydroxyl groups excluding tert-OH is 3. The van der Waals surface area contributed by atoms with Crippen LogP contribution in [0.1, 0.15) is 39.5 Å². The lowest BCUT2D eigenvalue weighted by Crippen LogP contribution is -2.62. The van der Waals surface area contributed by atoms with Crippen molar-refractivity contribution in [1.82, 2.24) is 4.90 Å². The van der Waals surface area contributed by atoms with Crippen LogP contribution in [-0.4, -0.2) is 64.3 Å². The number of aliphatic hydroxyl groups is 3. The lowest BCUT2D eigenvalue weighted by atomic mass is 9.76. The molecule has 1 aliphatic heterocycles. The van der Waals surface area contributed by atoms with Crippen LogP contribution >= 0.6 is 0 Å². The van der Waals surface area contributed by atoms with Crippen LogP contribution in [0.5, 0.6) is 0 Å². The van der Waals surface area contributed by atoms with Gasteiger partial charge in [-0.05, 0) is 43.4 Å². The molecule has 0 unspecified atom stereocenters. The zero-order chi connectivity index (χ0) is 15.6. The zero-order valence-corrected chi connectivity index (χ0v) is 13.2. The summed E-state index contributed by atoms with van der Waals surface area (Å²) in [6.45, 7) is 4.80. The Balaban J connectivity index is 1.89. The first-order chi connectivity index (χ1) is 9.93. The van der Waals surface area contributed by atoms with Crippen LogP contribution in [0.3, 0.4) is 0 Å². The third-order valence-electron chi connectivity index (χ3n) is 5.51. The van der Waals surface area contributed by atoms with Crippen LogP contribution in [0.2, 0.25) is 0 Å². The molecule has 1 aliphatic carbocycles. The predicted octanol–water partition coefficient (Wildman–Crippen LogP) is 1.19. The van der Waals surface area contributed by atoms with E-state index in [9.17, 15) is 19.7 Å². The van der Waals surface area contributed by atoms with Crippen molar-refractivity contribution in [3.8, 4) is 0 Å². The maximum atomic E-state index is 13.2. The molecule has 1 saturated heterocycles. The molecule has 2 rings (SSSR count). The second-order valence-electron chi connectivity index (χ2n) is 7.25. The van der Waals surface area contributed by atoms with Gasteiger partial charge in [0.25, 0.3) is 0 Å². The summed E-state index contributed by atoms with van der Waals surface area (Å²) < 4.78 is 13.2. The standard InChI is InChI=1S/C16H30FNO3/c1-10(2)12-5-3-11(4-6-12)8-18-9-14(19)16(21)15(20)13(18)7-17/h10-16,19-21H,3-9H2,1-2H3/t11?,12?,13-,14+,15-,16-/m1/s1. The van der Waals surface area contributed by atoms with E-state index in [1.807, 2.05) is 4.90 Å². The van der Waals surface area contributed by atoms with Gasteiger partial charge in [0.2, 0.25) is 0 Å². The summed E-state index contributed by atoms with van der Waals surface area (Å²) in [7, 11) is 0. The molecule has 0 bridgehead atoms. The van der Waals surface area contributed by atoms with Crippen LogP contribution in [-0.2, 0) is 0 Å². The van der Waals surface area contributed by atoms with Crippen molar-refractivity contribution < 1.29 is 19.7 Å². The van der Waals surface area contributed by atoms with E-state index in [1.165, 1.54) is 12.8 Å². The molecule has 3 N–H and O–H groups in total. The smallest absolute Gasteiger partial charge is 0.109 e. The van der Waals surface area contributed by atoms with Crippen molar-refractivity contribution in [3.63, 3.8) is 0 Å². The van der Waals surface area contributed by atoms with Gasteiger partial charge in [-0.15, -0.1) is 0 Å². The fourth-order valence-corrected chi connectivity index (χ4v) is 3.92. The number of hydrogen-bond acceptors (Lipinski definition) is 4. The molecule has 0 aromatic rings. The van der Waals surface area contributed by atoms with E-state index < -0.39 is 31.0 Å². The maximum absolute atomic E-state index is 13.2. The van der Waals surface area contributed by atoms with E-state index in [4.69, 9.17) is 0 Å². The summed E-state index contributed by atoms with van der Waals surface area (Å²) in [4.78, 5) is 1.84. The normalized spacial score (nSPS) is 42.4. The molecule has 1 saturated carbocycles. The summed E-state index contributed by atoms with van der Waals surface area (Å²) in [6.07, 6.45) is 1.26. The predicted molar refractivity (Wildman–Crippen MR) is 79.6 cm³/mol. The van der Waals surface area contributed by atoms with Crippen LogP contribution in [0.15, 0.2) is 0 Å². The number of rotatable bonds is 4. The van der Waals surface area contributed by atoms with Crippen molar-refractivity contribution in [3.05, 3.63) is 0 Å². The lowest BCUT2D eigenvalue weighted by molar-refractivity contribution is -0.143. The highest BCUT2D eigenvalue weighted by Crippen LogP contribution is 2.34. The molecule has 4 nitrogen and oxygen atoms in total. The Labute approximate surface area is 127 Å². The van der Waals surface area contributed by atoms with Gasteiger partial charge in [0.15, 0.2) is 0 Å². The van der Waals surface area contributed by atoms with Gasteiger partial charge in [0, 0.05) is 13.1 Å². The Morgan fingerprint density at radius 1 is 1.05 bits per heavy atom. The highest BCUT2D eigenvalue weighted by Gasteiger charge is 2.42. The first kappa shape index (κ1) is 17.1. The molecule has 0 amide bonds. The van der Waals surface area contributed by atoms with E-state index in [0.29, 0.717) is 12.5 Å². The van der Waals surface area contributed by atoms with Gasteiger partial charge in [-0.25, -0.2) is 4.39 Å². The van der Waals surface area contributed by atoms with Gasteiger partial charge >= 0.3 is 0 Å². The van der Waals surface area contributed by atoms with Gasteiger partial charge in [-0.1, -0.05) is 13.8 Å². The zero-order valence-electron chi connectivity index (χ0n) is 13.2. The minimum absolute atomic E-state index is 0.247. The molecule has 5 heteroatoms. The summed E-state index contributed by atoms with van der Waals surface area (Å²) in [6, 6.07) is -0.689. The molecule has 2 fully saturated rings. The van der Waals surface area contributed by atoms with Crippen LogP contribution in [0.4, 0.5) is 4.39 Å². The second kappa shape index (κ2) is 7.36. The third kappa shape index (κ3) is 3.95. The number of likely N-dealkylation sites (tertiary alicyclic amines) is 1. The highest BCUT2D eigenvalue weighted by atomic mass is 19.1. The molecule has 0 spiro atoms. The molecule has 21 heavy (non-hydrogen) atoms. The van der Waals surface area contributed by atoms with Gasteiger partial charge in [0.1, 0.15) is 18.9 Å². The van der Waals surface area contributed by atoms with Crippen molar-refractivity contribution in [2.45, 2.75) is 63.9 Å². The Bertz CT molecular complexity index is 321.